The van der Waals surface area contributed by atoms with Crippen LogP contribution in [0.15, 0.2) is 36.8 Å². The van der Waals surface area contributed by atoms with Crippen molar-refractivity contribution in [2.24, 2.45) is 0 Å². The minimum absolute atomic E-state index is 0.0798. The molecule has 0 spiro atoms. The van der Waals surface area contributed by atoms with Gasteiger partial charge in [0.1, 0.15) is 11.5 Å². The summed E-state index contributed by atoms with van der Waals surface area (Å²) in [6.07, 6.45) is 6.32. The summed E-state index contributed by atoms with van der Waals surface area (Å²) in [4.78, 5) is 9.16. The number of anilines is 1. The van der Waals surface area contributed by atoms with Crippen molar-refractivity contribution >= 4 is 23.1 Å². The largest absolute Gasteiger partial charge is 0.479 e. The fourth-order valence-corrected chi connectivity index (χ4v) is 4.87. The van der Waals surface area contributed by atoms with Crippen molar-refractivity contribution in [3.05, 3.63) is 58.8 Å². The van der Waals surface area contributed by atoms with Crippen LogP contribution >= 0.6 is 11.6 Å². The normalized spacial score (nSPS) is 17.0. The summed E-state index contributed by atoms with van der Waals surface area (Å²) in [7, 11) is 1.56. The van der Waals surface area contributed by atoms with E-state index in [-0.39, 0.29) is 17.9 Å². The van der Waals surface area contributed by atoms with Gasteiger partial charge in [-0.15, -0.1) is 0 Å². The molecule has 1 unspecified atom stereocenters. The van der Waals surface area contributed by atoms with Gasteiger partial charge >= 0.3 is 0 Å². The van der Waals surface area contributed by atoms with Gasteiger partial charge in [-0.3, -0.25) is 0 Å². The lowest BCUT2D eigenvalue weighted by Crippen LogP contribution is -2.18. The van der Waals surface area contributed by atoms with Crippen molar-refractivity contribution in [1.29, 1.82) is 0 Å². The van der Waals surface area contributed by atoms with Gasteiger partial charge in [0.2, 0.25) is 5.88 Å². The maximum Gasteiger partial charge on any atom is 0.242 e. The highest BCUT2D eigenvalue weighted by molar-refractivity contribution is 6.29. The highest BCUT2D eigenvalue weighted by Crippen LogP contribution is 2.45. The summed E-state index contributed by atoms with van der Waals surface area (Å²) in [5.41, 5.74) is 4.26. The second-order valence-corrected chi connectivity index (χ2v) is 8.99. The molecule has 4 aromatic heterocycles. The molecule has 1 atom stereocenters. The van der Waals surface area contributed by atoms with E-state index in [4.69, 9.17) is 16.3 Å². The zero-order valence-corrected chi connectivity index (χ0v) is 18.8. The van der Waals surface area contributed by atoms with E-state index in [1.54, 1.807) is 30.3 Å². The molecule has 32 heavy (non-hydrogen) atoms. The Bertz CT molecular complexity index is 1260. The average Bonchev–Trinajstić information content (AvgIpc) is 3.48. The predicted octanol–water partition coefficient (Wildman–Crippen LogP) is 3.34. The van der Waals surface area contributed by atoms with E-state index in [1.807, 2.05) is 22.8 Å². The second-order valence-electron chi connectivity index (χ2n) is 8.60. The van der Waals surface area contributed by atoms with Crippen LogP contribution in [0.3, 0.4) is 0 Å². The van der Waals surface area contributed by atoms with Crippen molar-refractivity contribution in [2.45, 2.75) is 38.2 Å². The molecular formula is C22H24ClN7O2. The van der Waals surface area contributed by atoms with Gasteiger partial charge in [-0.25, -0.2) is 14.2 Å². The number of methoxy groups -OCH3 is 1. The van der Waals surface area contributed by atoms with Crippen molar-refractivity contribution in [3.8, 4) is 11.6 Å². The number of hydrogen-bond acceptors (Lipinski definition) is 7. The molecule has 1 aliphatic carbocycles. The van der Waals surface area contributed by atoms with Gasteiger partial charge in [-0.2, -0.15) is 15.2 Å². The van der Waals surface area contributed by atoms with Gasteiger partial charge < -0.3 is 15.2 Å². The molecular weight excluding hydrogens is 430 g/mol. The average molecular weight is 454 g/mol. The van der Waals surface area contributed by atoms with Crippen LogP contribution in [0.25, 0.3) is 11.3 Å². The van der Waals surface area contributed by atoms with E-state index < -0.39 is 0 Å². The number of aliphatic hydroxyl groups excluding tert-OH is 1. The Kier molecular flexibility index (Phi) is 5.02. The van der Waals surface area contributed by atoms with E-state index >= 15 is 0 Å². The number of fused-ring (bicyclic) bond motifs is 3. The lowest BCUT2D eigenvalue weighted by Gasteiger charge is -2.20. The number of halogens is 1. The highest BCUT2D eigenvalue weighted by atomic mass is 35.5. The number of nitrogens with zero attached hydrogens (tertiary/aromatic N) is 6. The Morgan fingerprint density at radius 1 is 1.34 bits per heavy atom. The van der Waals surface area contributed by atoms with Gasteiger partial charge in [-0.05, 0) is 24.1 Å². The Balaban J connectivity index is 1.45. The molecule has 9 nitrogen and oxygen atoms in total. The zero-order valence-electron chi connectivity index (χ0n) is 18.1. The van der Waals surface area contributed by atoms with E-state index in [2.05, 4.69) is 39.3 Å². The van der Waals surface area contributed by atoms with Crippen LogP contribution in [-0.2, 0) is 12.0 Å². The Labute approximate surface area is 190 Å². The van der Waals surface area contributed by atoms with Crippen LogP contribution in [0.1, 0.15) is 43.0 Å². The quantitative estimate of drug-likeness (QED) is 0.461. The van der Waals surface area contributed by atoms with Gasteiger partial charge in [0.25, 0.3) is 0 Å². The first kappa shape index (κ1) is 20.7. The third kappa shape index (κ3) is 3.37. The molecule has 0 saturated heterocycles. The van der Waals surface area contributed by atoms with Gasteiger partial charge in [0, 0.05) is 48.1 Å². The minimum atomic E-state index is -0.163. The molecule has 0 aliphatic heterocycles. The van der Waals surface area contributed by atoms with Crippen LogP contribution < -0.4 is 10.1 Å². The molecule has 0 bridgehead atoms. The van der Waals surface area contributed by atoms with Crippen LogP contribution in [-0.4, -0.2) is 48.1 Å². The van der Waals surface area contributed by atoms with Crippen molar-refractivity contribution < 1.29 is 9.84 Å². The molecule has 5 rings (SSSR count). The minimum Gasteiger partial charge on any atom is -0.479 e. The Morgan fingerprint density at radius 3 is 2.91 bits per heavy atom. The van der Waals surface area contributed by atoms with E-state index in [0.717, 1.165) is 23.3 Å². The molecule has 166 valence electrons. The topological polar surface area (TPSA) is 102 Å². The first-order valence-corrected chi connectivity index (χ1v) is 10.8. The molecule has 4 heterocycles. The molecule has 0 radical (unpaired) electrons. The summed E-state index contributed by atoms with van der Waals surface area (Å²) < 4.78 is 9.01. The van der Waals surface area contributed by atoms with Crippen molar-refractivity contribution in [3.63, 3.8) is 0 Å². The van der Waals surface area contributed by atoms with Crippen LogP contribution in [0.5, 0.6) is 5.88 Å². The molecule has 0 amide bonds. The monoisotopic (exact) mass is 453 g/mol. The number of ether oxygens (including phenoxy) is 1. The van der Waals surface area contributed by atoms with E-state index in [0.29, 0.717) is 34.6 Å². The molecule has 0 saturated carbocycles. The molecule has 2 N–H and O–H groups in total. The number of hydrogen-bond donors (Lipinski definition) is 2. The smallest absolute Gasteiger partial charge is 0.242 e. The summed E-state index contributed by atoms with van der Waals surface area (Å²) in [6, 6.07) is 5.41. The van der Waals surface area contributed by atoms with E-state index in [1.165, 1.54) is 0 Å². The maximum absolute atomic E-state index is 9.96. The maximum atomic E-state index is 9.96. The fourth-order valence-electron chi connectivity index (χ4n) is 4.69. The number of rotatable bonds is 6. The third-order valence-electron chi connectivity index (χ3n) is 5.99. The number of nitrogens with one attached hydrogen (secondary N) is 1. The van der Waals surface area contributed by atoms with Crippen LogP contribution in [0, 0.1) is 0 Å². The van der Waals surface area contributed by atoms with Gasteiger partial charge in [0.05, 0.1) is 19.4 Å². The van der Waals surface area contributed by atoms with Gasteiger partial charge in [0.15, 0.2) is 10.8 Å². The summed E-state index contributed by atoms with van der Waals surface area (Å²) in [6.45, 7) is 4.92. The summed E-state index contributed by atoms with van der Waals surface area (Å²) >= 11 is 6.13. The molecule has 0 fully saturated rings. The Morgan fingerprint density at radius 2 is 2.19 bits per heavy atom. The molecule has 10 heteroatoms. The predicted molar refractivity (Wildman–Crippen MR) is 121 cm³/mol. The van der Waals surface area contributed by atoms with Crippen LogP contribution in [0.2, 0.25) is 5.15 Å². The molecule has 4 aromatic rings. The van der Waals surface area contributed by atoms with Crippen molar-refractivity contribution in [2.75, 3.05) is 19.0 Å². The van der Waals surface area contributed by atoms with Crippen molar-refractivity contribution in [1.82, 2.24) is 29.4 Å². The van der Waals surface area contributed by atoms with E-state index in [9.17, 15) is 5.11 Å². The second kappa shape index (κ2) is 7.75. The Hall–Kier alpha value is -3.17. The fraction of sp³-hybridized carbons (Fsp3) is 0.364. The lowest BCUT2D eigenvalue weighted by molar-refractivity contribution is 0.280. The number of aliphatic hydroxyl groups is 1. The zero-order chi connectivity index (χ0) is 22.5. The first-order valence-electron chi connectivity index (χ1n) is 10.4. The first-order chi connectivity index (χ1) is 15.4. The van der Waals surface area contributed by atoms with Gasteiger partial charge in [-0.1, -0.05) is 25.4 Å². The molecule has 0 aromatic carbocycles. The number of pyridine rings is 1. The molecule has 1 aliphatic rings. The third-order valence-corrected chi connectivity index (χ3v) is 6.17. The summed E-state index contributed by atoms with van der Waals surface area (Å²) in [5.74, 6) is 1.24. The van der Waals surface area contributed by atoms with Crippen LogP contribution in [0.4, 0.5) is 5.82 Å². The SMILES string of the molecule is COc1nc(NCC2CC(C)(C)c3c2cnc2cc(Cl)nn32)cc(CO)c1-n1cccn1. The standard InChI is InChI=1S/C22H24ClN7O2/c1-22(2)9-14(15-11-25-18-8-16(23)28-30(18)20(15)22)10-24-17-7-13(12-31)19(21(27-17)32-3)29-6-4-5-26-29/h4-8,11,14,31H,9-10,12H2,1-3H3,(H,24,27). The lowest BCUT2D eigenvalue weighted by atomic mass is 9.89. The summed E-state index contributed by atoms with van der Waals surface area (Å²) in [5, 5.41) is 22.5. The number of aromatic nitrogens is 6. The highest BCUT2D eigenvalue weighted by Gasteiger charge is 2.39.